The van der Waals surface area contributed by atoms with Crippen molar-refractivity contribution in [2.45, 2.75) is 6.92 Å². The van der Waals surface area contributed by atoms with Gasteiger partial charge in [0.1, 0.15) is 0 Å². The molecular weight excluding hydrogens is 190 g/mol. The number of ether oxygens (including phenoxy) is 1. The highest BCUT2D eigenvalue weighted by Crippen LogP contribution is 2.25. The standard InChI is InChI=1S/C11H11N3O/c1-8-3-4-10(9(12)7-8)15-11-13-5-2-6-14-11/h2-7H,12H2,1H3. The number of nitrogen functional groups attached to an aromatic ring is 1. The van der Waals surface area contributed by atoms with E-state index < -0.39 is 0 Å². The Morgan fingerprint density at radius 2 is 1.93 bits per heavy atom. The SMILES string of the molecule is Cc1ccc(Oc2ncccn2)c(N)c1. The van der Waals surface area contributed by atoms with Crippen molar-refractivity contribution >= 4 is 5.69 Å². The van der Waals surface area contributed by atoms with Gasteiger partial charge < -0.3 is 10.5 Å². The smallest absolute Gasteiger partial charge is 0.321 e. The molecule has 1 aromatic heterocycles. The summed E-state index contributed by atoms with van der Waals surface area (Å²) in [5.41, 5.74) is 7.47. The summed E-state index contributed by atoms with van der Waals surface area (Å²) in [6, 6.07) is 7.60. The van der Waals surface area contributed by atoms with Gasteiger partial charge in [0.15, 0.2) is 5.75 Å². The van der Waals surface area contributed by atoms with Gasteiger partial charge in [-0.1, -0.05) is 6.07 Å². The Bertz CT molecular complexity index is 457. The Hall–Kier alpha value is -2.10. The van der Waals surface area contributed by atoms with E-state index in [0.717, 1.165) is 5.56 Å². The van der Waals surface area contributed by atoms with Crippen LogP contribution < -0.4 is 10.5 Å². The predicted octanol–water partition coefficient (Wildman–Crippen LogP) is 2.16. The highest BCUT2D eigenvalue weighted by Gasteiger charge is 2.03. The second-order valence-electron chi connectivity index (χ2n) is 3.17. The summed E-state index contributed by atoms with van der Waals surface area (Å²) < 4.78 is 5.42. The van der Waals surface area contributed by atoms with E-state index in [0.29, 0.717) is 17.4 Å². The van der Waals surface area contributed by atoms with Crippen LogP contribution in [-0.4, -0.2) is 9.97 Å². The zero-order chi connectivity index (χ0) is 10.7. The van der Waals surface area contributed by atoms with Gasteiger partial charge in [0, 0.05) is 12.4 Å². The van der Waals surface area contributed by atoms with Crippen LogP contribution in [0.1, 0.15) is 5.56 Å². The monoisotopic (exact) mass is 201 g/mol. The molecule has 4 nitrogen and oxygen atoms in total. The number of benzene rings is 1. The van der Waals surface area contributed by atoms with Crippen LogP contribution in [-0.2, 0) is 0 Å². The van der Waals surface area contributed by atoms with Crippen LogP contribution in [0.4, 0.5) is 5.69 Å². The fourth-order valence-corrected chi connectivity index (χ4v) is 1.20. The number of rotatable bonds is 2. The lowest BCUT2D eigenvalue weighted by molar-refractivity contribution is 0.444. The number of nitrogens with two attached hydrogens (primary N) is 1. The molecule has 76 valence electrons. The van der Waals surface area contributed by atoms with Crippen LogP contribution in [0, 0.1) is 6.92 Å². The van der Waals surface area contributed by atoms with E-state index in [1.165, 1.54) is 0 Å². The van der Waals surface area contributed by atoms with Crippen molar-refractivity contribution in [2.24, 2.45) is 0 Å². The lowest BCUT2D eigenvalue weighted by atomic mass is 10.2. The molecule has 0 unspecified atom stereocenters. The summed E-state index contributed by atoms with van der Waals surface area (Å²) in [7, 11) is 0. The Labute approximate surface area is 87.7 Å². The summed E-state index contributed by atoms with van der Waals surface area (Å²) in [6.45, 7) is 1.97. The largest absolute Gasteiger partial charge is 0.422 e. The van der Waals surface area contributed by atoms with Gasteiger partial charge in [-0.25, -0.2) is 9.97 Å². The minimum atomic E-state index is 0.299. The molecule has 0 saturated heterocycles. The normalized spacial score (nSPS) is 9.93. The van der Waals surface area contributed by atoms with E-state index in [4.69, 9.17) is 10.5 Å². The topological polar surface area (TPSA) is 61.0 Å². The third-order valence-corrected chi connectivity index (χ3v) is 1.91. The molecule has 0 aliphatic heterocycles. The second-order valence-corrected chi connectivity index (χ2v) is 3.17. The average Bonchev–Trinajstić information content (AvgIpc) is 2.24. The number of nitrogens with zero attached hydrogens (tertiary/aromatic N) is 2. The van der Waals surface area contributed by atoms with Crippen LogP contribution in [0.15, 0.2) is 36.7 Å². The zero-order valence-corrected chi connectivity index (χ0v) is 8.34. The maximum absolute atomic E-state index is 5.79. The minimum Gasteiger partial charge on any atom is -0.422 e. The van der Waals surface area contributed by atoms with Crippen molar-refractivity contribution in [3.63, 3.8) is 0 Å². The third-order valence-electron chi connectivity index (χ3n) is 1.91. The first kappa shape index (κ1) is 9.45. The third kappa shape index (κ3) is 2.22. The molecule has 4 heteroatoms. The fraction of sp³-hybridized carbons (Fsp3) is 0.0909. The highest BCUT2D eigenvalue weighted by molar-refractivity contribution is 5.54. The van der Waals surface area contributed by atoms with Crippen LogP contribution in [0.5, 0.6) is 11.8 Å². The van der Waals surface area contributed by atoms with Crippen LogP contribution in [0.25, 0.3) is 0 Å². The van der Waals surface area contributed by atoms with Crippen molar-refractivity contribution in [3.8, 4) is 11.8 Å². The molecule has 2 rings (SSSR count). The molecule has 0 spiro atoms. The van der Waals surface area contributed by atoms with Crippen molar-refractivity contribution in [1.82, 2.24) is 9.97 Å². The maximum Gasteiger partial charge on any atom is 0.321 e. The number of aryl methyl sites for hydroxylation is 1. The molecule has 2 N–H and O–H groups in total. The quantitative estimate of drug-likeness (QED) is 0.756. The van der Waals surface area contributed by atoms with Crippen LogP contribution in [0.3, 0.4) is 0 Å². The molecular formula is C11H11N3O. The maximum atomic E-state index is 5.79. The Kier molecular flexibility index (Phi) is 2.49. The molecule has 0 aliphatic carbocycles. The summed E-state index contributed by atoms with van der Waals surface area (Å²) in [4.78, 5) is 7.90. The zero-order valence-electron chi connectivity index (χ0n) is 8.34. The number of anilines is 1. The van der Waals surface area contributed by atoms with Gasteiger partial charge >= 0.3 is 6.01 Å². The Morgan fingerprint density at radius 3 is 2.60 bits per heavy atom. The lowest BCUT2D eigenvalue weighted by Gasteiger charge is -2.06. The molecule has 0 amide bonds. The van der Waals surface area contributed by atoms with E-state index in [-0.39, 0.29) is 0 Å². The van der Waals surface area contributed by atoms with Crippen molar-refractivity contribution in [1.29, 1.82) is 0 Å². The first-order valence-corrected chi connectivity index (χ1v) is 4.57. The first-order valence-electron chi connectivity index (χ1n) is 4.57. The second kappa shape index (κ2) is 3.96. The number of hydrogen-bond donors (Lipinski definition) is 1. The summed E-state index contributed by atoms with van der Waals surface area (Å²) >= 11 is 0. The van der Waals surface area contributed by atoms with E-state index in [1.54, 1.807) is 24.5 Å². The summed E-state index contributed by atoms with van der Waals surface area (Å²) in [5, 5.41) is 0. The average molecular weight is 201 g/mol. The molecule has 0 aliphatic rings. The fourth-order valence-electron chi connectivity index (χ4n) is 1.20. The Balaban J connectivity index is 2.25. The summed E-state index contributed by atoms with van der Waals surface area (Å²) in [6.07, 6.45) is 3.24. The Morgan fingerprint density at radius 1 is 1.20 bits per heavy atom. The van der Waals surface area contributed by atoms with E-state index in [1.807, 2.05) is 19.1 Å². The molecule has 0 fully saturated rings. The minimum absolute atomic E-state index is 0.299. The first-order chi connectivity index (χ1) is 7.25. The molecule has 0 radical (unpaired) electrons. The molecule has 0 saturated carbocycles. The van der Waals surface area contributed by atoms with Crippen molar-refractivity contribution < 1.29 is 4.74 Å². The lowest BCUT2D eigenvalue weighted by Crippen LogP contribution is -1.95. The molecule has 15 heavy (non-hydrogen) atoms. The van der Waals surface area contributed by atoms with Gasteiger partial charge in [-0.15, -0.1) is 0 Å². The van der Waals surface area contributed by atoms with Crippen molar-refractivity contribution in [3.05, 3.63) is 42.2 Å². The van der Waals surface area contributed by atoms with E-state index >= 15 is 0 Å². The highest BCUT2D eigenvalue weighted by atomic mass is 16.5. The summed E-state index contributed by atoms with van der Waals surface area (Å²) in [5.74, 6) is 0.576. The van der Waals surface area contributed by atoms with Gasteiger partial charge in [0.25, 0.3) is 0 Å². The predicted molar refractivity (Wildman–Crippen MR) is 57.7 cm³/mol. The molecule has 1 heterocycles. The van der Waals surface area contributed by atoms with E-state index in [2.05, 4.69) is 9.97 Å². The van der Waals surface area contributed by atoms with Gasteiger partial charge in [-0.05, 0) is 30.7 Å². The molecule has 0 atom stereocenters. The van der Waals surface area contributed by atoms with Gasteiger partial charge in [0.2, 0.25) is 0 Å². The molecule has 0 bridgehead atoms. The van der Waals surface area contributed by atoms with Gasteiger partial charge in [-0.2, -0.15) is 0 Å². The number of hydrogen-bond acceptors (Lipinski definition) is 4. The van der Waals surface area contributed by atoms with E-state index in [9.17, 15) is 0 Å². The van der Waals surface area contributed by atoms with Crippen molar-refractivity contribution in [2.75, 3.05) is 5.73 Å². The number of aromatic nitrogens is 2. The molecule has 2 aromatic rings. The van der Waals surface area contributed by atoms with Gasteiger partial charge in [0.05, 0.1) is 5.69 Å². The van der Waals surface area contributed by atoms with Crippen LogP contribution in [0.2, 0.25) is 0 Å². The van der Waals surface area contributed by atoms with Crippen LogP contribution >= 0.6 is 0 Å². The van der Waals surface area contributed by atoms with Gasteiger partial charge in [-0.3, -0.25) is 0 Å². The molecule has 1 aromatic carbocycles.